The van der Waals surface area contributed by atoms with Crippen molar-refractivity contribution in [2.75, 3.05) is 32.7 Å². The highest BCUT2D eigenvalue weighted by Gasteiger charge is 2.36. The van der Waals surface area contributed by atoms with Gasteiger partial charge in [0, 0.05) is 38.3 Å². The molecule has 0 spiro atoms. The third-order valence-corrected chi connectivity index (χ3v) is 6.28. The van der Waals surface area contributed by atoms with Crippen LogP contribution >= 0.6 is 11.6 Å². The number of hydrogen-bond acceptors (Lipinski definition) is 4. The molecule has 0 bridgehead atoms. The molecule has 4 rings (SSSR count). The third-order valence-electron chi connectivity index (χ3n) is 5.97. The quantitative estimate of drug-likeness (QED) is 0.625. The maximum Gasteiger partial charge on any atom is 0.261 e. The number of halogens is 2. The van der Waals surface area contributed by atoms with Gasteiger partial charge in [-0.1, -0.05) is 24.9 Å². The Morgan fingerprint density at radius 2 is 1.55 bits per heavy atom. The summed E-state index contributed by atoms with van der Waals surface area (Å²) in [5.74, 6) is -1.80. The SMILES string of the molecule is CCCCN1C(=O)c2ccc(C(=O)N3CCN(C(=O)c4ccc(F)cc4Cl)CC3)cc2C1=O. The lowest BCUT2D eigenvalue weighted by Gasteiger charge is -2.35. The molecule has 4 amide bonds. The minimum atomic E-state index is -0.519. The highest BCUT2D eigenvalue weighted by Crippen LogP contribution is 2.25. The normalized spacial score (nSPS) is 15.8. The van der Waals surface area contributed by atoms with Gasteiger partial charge in [0.2, 0.25) is 0 Å². The van der Waals surface area contributed by atoms with E-state index >= 15 is 0 Å². The second kappa shape index (κ2) is 9.31. The van der Waals surface area contributed by atoms with Gasteiger partial charge in [0.25, 0.3) is 23.6 Å². The average molecular weight is 472 g/mol. The molecule has 0 N–H and O–H groups in total. The predicted octanol–water partition coefficient (Wildman–Crippen LogP) is 3.47. The molecule has 0 unspecified atom stereocenters. The lowest BCUT2D eigenvalue weighted by molar-refractivity contribution is 0.0535. The summed E-state index contributed by atoms with van der Waals surface area (Å²) in [6, 6.07) is 8.21. The molecule has 33 heavy (non-hydrogen) atoms. The zero-order valence-electron chi connectivity index (χ0n) is 18.1. The smallest absolute Gasteiger partial charge is 0.261 e. The van der Waals surface area contributed by atoms with E-state index in [0.717, 1.165) is 18.9 Å². The van der Waals surface area contributed by atoms with Crippen molar-refractivity contribution in [2.24, 2.45) is 0 Å². The molecular formula is C24H23ClFN3O4. The number of benzene rings is 2. The highest BCUT2D eigenvalue weighted by molar-refractivity contribution is 6.33. The Bertz CT molecular complexity index is 1140. The van der Waals surface area contributed by atoms with Gasteiger partial charge in [-0.25, -0.2) is 4.39 Å². The summed E-state index contributed by atoms with van der Waals surface area (Å²) in [5.41, 5.74) is 1.11. The molecule has 7 nitrogen and oxygen atoms in total. The molecule has 2 aliphatic heterocycles. The highest BCUT2D eigenvalue weighted by atomic mass is 35.5. The van der Waals surface area contributed by atoms with Gasteiger partial charge in [-0.2, -0.15) is 0 Å². The fourth-order valence-corrected chi connectivity index (χ4v) is 4.32. The number of carbonyl (C=O) groups excluding carboxylic acids is 4. The third kappa shape index (κ3) is 4.35. The number of nitrogens with zero attached hydrogens (tertiary/aromatic N) is 3. The van der Waals surface area contributed by atoms with Gasteiger partial charge >= 0.3 is 0 Å². The maximum atomic E-state index is 13.3. The molecule has 0 aromatic heterocycles. The minimum absolute atomic E-state index is 0.0452. The van der Waals surface area contributed by atoms with Crippen LogP contribution in [-0.4, -0.2) is 71.1 Å². The van der Waals surface area contributed by atoms with E-state index in [0.29, 0.717) is 43.9 Å². The number of amides is 4. The minimum Gasteiger partial charge on any atom is -0.335 e. The molecule has 2 aromatic carbocycles. The molecule has 2 heterocycles. The van der Waals surface area contributed by atoms with Crippen LogP contribution in [0.25, 0.3) is 0 Å². The van der Waals surface area contributed by atoms with Gasteiger partial charge in [0.05, 0.1) is 21.7 Å². The van der Waals surface area contributed by atoms with Crippen molar-refractivity contribution in [3.8, 4) is 0 Å². The van der Waals surface area contributed by atoms with Crippen molar-refractivity contribution in [3.05, 3.63) is 69.5 Å². The van der Waals surface area contributed by atoms with Crippen LogP contribution in [0.2, 0.25) is 5.02 Å². The molecule has 0 atom stereocenters. The molecule has 0 aliphatic carbocycles. The van der Waals surface area contributed by atoms with Crippen LogP contribution in [0.4, 0.5) is 4.39 Å². The van der Waals surface area contributed by atoms with Crippen LogP contribution in [0.5, 0.6) is 0 Å². The van der Waals surface area contributed by atoms with E-state index in [1.54, 1.807) is 15.9 Å². The number of carbonyl (C=O) groups is 4. The molecule has 1 saturated heterocycles. The van der Waals surface area contributed by atoms with Crippen LogP contribution in [0.1, 0.15) is 61.2 Å². The Morgan fingerprint density at radius 1 is 0.909 bits per heavy atom. The molecule has 172 valence electrons. The summed E-state index contributed by atoms with van der Waals surface area (Å²) < 4.78 is 13.3. The Labute approximate surface area is 195 Å². The monoisotopic (exact) mass is 471 g/mol. The first-order valence-electron chi connectivity index (χ1n) is 10.9. The van der Waals surface area contributed by atoms with Gasteiger partial charge in [0.1, 0.15) is 5.82 Å². The summed E-state index contributed by atoms with van der Waals surface area (Å²) in [7, 11) is 0. The second-order valence-corrected chi connectivity index (χ2v) is 8.49. The van der Waals surface area contributed by atoms with Crippen molar-refractivity contribution < 1.29 is 23.6 Å². The van der Waals surface area contributed by atoms with E-state index in [1.807, 2.05) is 6.92 Å². The fourth-order valence-electron chi connectivity index (χ4n) is 4.07. The van der Waals surface area contributed by atoms with Crippen LogP contribution in [0.3, 0.4) is 0 Å². The molecular weight excluding hydrogens is 449 g/mol. The first-order valence-corrected chi connectivity index (χ1v) is 11.2. The Hall–Kier alpha value is -3.26. The van der Waals surface area contributed by atoms with Crippen LogP contribution in [-0.2, 0) is 0 Å². The molecule has 9 heteroatoms. The van der Waals surface area contributed by atoms with E-state index in [9.17, 15) is 23.6 Å². The van der Waals surface area contributed by atoms with Crippen molar-refractivity contribution in [1.29, 1.82) is 0 Å². The van der Waals surface area contributed by atoms with Gasteiger partial charge in [-0.3, -0.25) is 24.1 Å². The number of fused-ring (bicyclic) bond motifs is 1. The van der Waals surface area contributed by atoms with Crippen molar-refractivity contribution in [3.63, 3.8) is 0 Å². The number of unbranched alkanes of at least 4 members (excludes halogenated alkanes) is 1. The summed E-state index contributed by atoms with van der Waals surface area (Å²) in [6.07, 6.45) is 1.59. The molecule has 2 aromatic rings. The summed E-state index contributed by atoms with van der Waals surface area (Å²) in [6.45, 7) is 3.54. The summed E-state index contributed by atoms with van der Waals surface area (Å²) >= 11 is 6.00. The van der Waals surface area contributed by atoms with E-state index < -0.39 is 5.82 Å². The van der Waals surface area contributed by atoms with E-state index in [1.165, 1.54) is 29.2 Å². The summed E-state index contributed by atoms with van der Waals surface area (Å²) in [5, 5.41) is 0.0452. The molecule has 0 radical (unpaired) electrons. The van der Waals surface area contributed by atoms with Crippen molar-refractivity contribution in [2.45, 2.75) is 19.8 Å². The van der Waals surface area contributed by atoms with Crippen LogP contribution in [0.15, 0.2) is 36.4 Å². The van der Waals surface area contributed by atoms with Gasteiger partial charge in [-0.05, 0) is 42.8 Å². The van der Waals surface area contributed by atoms with Crippen molar-refractivity contribution in [1.82, 2.24) is 14.7 Å². The standard InChI is InChI=1S/C24H23ClFN3O4/c1-2-3-8-29-23(32)17-6-4-15(13-19(17)24(29)33)21(30)27-9-11-28(12-10-27)22(31)18-7-5-16(26)14-20(18)25/h4-7,13-14H,2-3,8-12H2,1H3. The van der Waals surface area contributed by atoms with Crippen molar-refractivity contribution >= 4 is 35.2 Å². The molecule has 1 fully saturated rings. The predicted molar refractivity (Wildman–Crippen MR) is 120 cm³/mol. The topological polar surface area (TPSA) is 78.0 Å². The largest absolute Gasteiger partial charge is 0.335 e. The number of rotatable bonds is 5. The number of piperazine rings is 1. The first-order chi connectivity index (χ1) is 15.8. The first kappa shape index (κ1) is 22.9. The Morgan fingerprint density at radius 3 is 2.18 bits per heavy atom. The molecule has 2 aliphatic rings. The fraction of sp³-hybridized carbons (Fsp3) is 0.333. The lowest BCUT2D eigenvalue weighted by atomic mass is 10.0. The van der Waals surface area contributed by atoms with Gasteiger partial charge in [0.15, 0.2) is 0 Å². The van der Waals surface area contributed by atoms with E-state index in [4.69, 9.17) is 11.6 Å². The number of hydrogen-bond donors (Lipinski definition) is 0. The molecule has 0 saturated carbocycles. The second-order valence-electron chi connectivity index (χ2n) is 8.08. The number of imide groups is 1. The van der Waals surface area contributed by atoms with E-state index in [-0.39, 0.29) is 39.8 Å². The van der Waals surface area contributed by atoms with Gasteiger partial charge in [-0.15, -0.1) is 0 Å². The lowest BCUT2D eigenvalue weighted by Crippen LogP contribution is -2.50. The average Bonchev–Trinajstić information content (AvgIpc) is 3.06. The van der Waals surface area contributed by atoms with E-state index in [2.05, 4.69) is 0 Å². The zero-order valence-corrected chi connectivity index (χ0v) is 18.9. The zero-order chi connectivity index (χ0) is 23.7. The van der Waals surface area contributed by atoms with Crippen LogP contribution < -0.4 is 0 Å². The van der Waals surface area contributed by atoms with Gasteiger partial charge < -0.3 is 9.80 Å². The Balaban J connectivity index is 1.43. The summed E-state index contributed by atoms with van der Waals surface area (Å²) in [4.78, 5) is 55.3. The maximum absolute atomic E-state index is 13.3. The Kier molecular flexibility index (Phi) is 6.47. The van der Waals surface area contributed by atoms with Crippen LogP contribution in [0, 0.1) is 5.82 Å².